The molecule has 19 heavy (non-hydrogen) atoms. The third kappa shape index (κ3) is 3.02. The van der Waals surface area contributed by atoms with E-state index in [4.69, 9.17) is 11.6 Å². The van der Waals surface area contributed by atoms with Crippen molar-refractivity contribution >= 4 is 16.8 Å². The van der Waals surface area contributed by atoms with Crippen LogP contribution in [0.3, 0.4) is 0 Å². The monoisotopic (exact) mass is 276 g/mol. The van der Waals surface area contributed by atoms with Crippen LogP contribution in [-0.4, -0.2) is 5.24 Å². The Labute approximate surface area is 117 Å². The molecule has 98 valence electrons. The quantitative estimate of drug-likeness (QED) is 0.769. The predicted octanol–water partition coefficient (Wildman–Crippen LogP) is 4.09. The molecular weight excluding hydrogens is 263 g/mol. The van der Waals surface area contributed by atoms with Crippen LogP contribution in [0.5, 0.6) is 0 Å². The summed E-state index contributed by atoms with van der Waals surface area (Å²) in [6, 6.07) is 15.6. The first-order valence-corrected chi connectivity index (χ1v) is 6.40. The zero-order valence-electron chi connectivity index (χ0n) is 10.6. The van der Waals surface area contributed by atoms with Gasteiger partial charge in [-0.25, -0.2) is 4.39 Å². The Bertz CT molecular complexity index is 565. The second-order valence-electron chi connectivity index (χ2n) is 4.78. The molecule has 0 aliphatic carbocycles. The van der Waals surface area contributed by atoms with Crippen LogP contribution in [-0.2, 0) is 16.6 Å². The molecule has 0 spiro atoms. The fourth-order valence-electron chi connectivity index (χ4n) is 2.11. The van der Waals surface area contributed by atoms with Crippen molar-refractivity contribution < 1.29 is 9.18 Å². The molecule has 0 bridgehead atoms. The van der Waals surface area contributed by atoms with Gasteiger partial charge in [-0.2, -0.15) is 0 Å². The maximum absolute atomic E-state index is 13.0. The van der Waals surface area contributed by atoms with Crippen molar-refractivity contribution in [2.75, 3.05) is 0 Å². The Morgan fingerprint density at radius 2 is 1.68 bits per heavy atom. The van der Waals surface area contributed by atoms with Crippen LogP contribution in [0.15, 0.2) is 54.6 Å². The van der Waals surface area contributed by atoms with E-state index in [1.54, 1.807) is 19.1 Å². The van der Waals surface area contributed by atoms with Gasteiger partial charge in [0.25, 0.3) is 0 Å². The Hall–Kier alpha value is -1.67. The van der Waals surface area contributed by atoms with Crippen LogP contribution < -0.4 is 0 Å². The molecule has 0 fully saturated rings. The normalized spacial score (nSPS) is 13.8. The number of hydrogen-bond donors (Lipinski definition) is 0. The van der Waals surface area contributed by atoms with Crippen LogP contribution in [0.25, 0.3) is 0 Å². The fraction of sp³-hybridized carbons (Fsp3) is 0.188. The summed E-state index contributed by atoms with van der Waals surface area (Å²) in [5.41, 5.74) is 0.887. The molecule has 2 aromatic rings. The van der Waals surface area contributed by atoms with Crippen molar-refractivity contribution in [1.82, 2.24) is 0 Å². The van der Waals surface area contributed by atoms with E-state index in [-0.39, 0.29) is 5.82 Å². The van der Waals surface area contributed by atoms with E-state index in [1.807, 2.05) is 30.3 Å². The summed E-state index contributed by atoms with van der Waals surface area (Å²) >= 11 is 5.78. The van der Waals surface area contributed by atoms with E-state index >= 15 is 0 Å². The number of carbonyl (C=O) groups excluding carboxylic acids is 1. The van der Waals surface area contributed by atoms with E-state index in [1.165, 1.54) is 12.1 Å². The van der Waals surface area contributed by atoms with Crippen LogP contribution in [0.4, 0.5) is 4.39 Å². The number of carbonyl (C=O) groups is 1. The van der Waals surface area contributed by atoms with Gasteiger partial charge in [-0.1, -0.05) is 42.5 Å². The van der Waals surface area contributed by atoms with Gasteiger partial charge >= 0.3 is 0 Å². The lowest BCUT2D eigenvalue weighted by Gasteiger charge is -2.26. The molecular formula is C16H14ClFO. The van der Waals surface area contributed by atoms with Gasteiger partial charge in [0.15, 0.2) is 0 Å². The molecule has 1 unspecified atom stereocenters. The summed E-state index contributed by atoms with van der Waals surface area (Å²) in [4.78, 5) is 11.8. The Balaban J connectivity index is 2.38. The molecule has 0 aliphatic rings. The largest absolute Gasteiger partial charge is 0.280 e. The Morgan fingerprint density at radius 1 is 1.11 bits per heavy atom. The standard InChI is InChI=1S/C16H14ClFO/c1-16(15(17)19,11-12-5-3-2-4-6-12)13-7-9-14(18)10-8-13/h2-10H,11H2,1H3. The van der Waals surface area contributed by atoms with E-state index in [2.05, 4.69) is 0 Å². The molecule has 0 heterocycles. The molecule has 1 nitrogen and oxygen atoms in total. The van der Waals surface area contributed by atoms with Crippen LogP contribution in [0.2, 0.25) is 0 Å². The fourth-order valence-corrected chi connectivity index (χ4v) is 2.28. The predicted molar refractivity (Wildman–Crippen MR) is 74.8 cm³/mol. The SMILES string of the molecule is CC(Cc1ccccc1)(C(=O)Cl)c1ccc(F)cc1. The maximum Gasteiger partial charge on any atom is 0.232 e. The average molecular weight is 277 g/mol. The van der Waals surface area contributed by atoms with Crippen molar-refractivity contribution in [3.8, 4) is 0 Å². The second kappa shape index (κ2) is 5.54. The zero-order valence-corrected chi connectivity index (χ0v) is 11.3. The molecule has 0 N–H and O–H groups in total. The molecule has 2 rings (SSSR count). The second-order valence-corrected chi connectivity index (χ2v) is 5.12. The highest BCUT2D eigenvalue weighted by atomic mass is 35.5. The lowest BCUT2D eigenvalue weighted by Crippen LogP contribution is -2.31. The van der Waals surface area contributed by atoms with Gasteiger partial charge in [0.05, 0.1) is 5.41 Å². The smallest absolute Gasteiger partial charge is 0.232 e. The number of hydrogen-bond acceptors (Lipinski definition) is 1. The molecule has 0 aromatic heterocycles. The summed E-state index contributed by atoms with van der Waals surface area (Å²) in [5.74, 6) is -0.326. The van der Waals surface area contributed by atoms with Gasteiger partial charge < -0.3 is 0 Å². The van der Waals surface area contributed by atoms with Crippen LogP contribution in [0, 0.1) is 5.82 Å². The van der Waals surface area contributed by atoms with Crippen molar-refractivity contribution in [3.05, 3.63) is 71.5 Å². The number of halogens is 2. The van der Waals surface area contributed by atoms with Gasteiger partial charge in [0.1, 0.15) is 5.82 Å². The molecule has 0 radical (unpaired) electrons. The highest BCUT2D eigenvalue weighted by molar-refractivity contribution is 6.65. The first kappa shape index (κ1) is 13.8. The summed E-state index contributed by atoms with van der Waals surface area (Å²) in [5, 5.41) is -0.442. The molecule has 0 aliphatic heterocycles. The molecule has 3 heteroatoms. The first-order chi connectivity index (χ1) is 9.02. The van der Waals surface area contributed by atoms with Gasteiger partial charge in [0, 0.05) is 0 Å². The highest BCUT2D eigenvalue weighted by Gasteiger charge is 2.34. The third-order valence-electron chi connectivity index (χ3n) is 3.32. The molecule has 2 aromatic carbocycles. The van der Waals surface area contributed by atoms with Crippen molar-refractivity contribution in [1.29, 1.82) is 0 Å². The minimum absolute atomic E-state index is 0.326. The van der Waals surface area contributed by atoms with Gasteiger partial charge in [-0.05, 0) is 48.2 Å². The van der Waals surface area contributed by atoms with E-state index in [9.17, 15) is 9.18 Å². The van der Waals surface area contributed by atoms with E-state index in [0.717, 1.165) is 11.1 Å². The molecule has 1 atom stereocenters. The third-order valence-corrected chi connectivity index (χ3v) is 3.73. The molecule has 0 amide bonds. The maximum atomic E-state index is 13.0. The topological polar surface area (TPSA) is 17.1 Å². The molecule has 0 saturated heterocycles. The Morgan fingerprint density at radius 3 is 2.21 bits per heavy atom. The van der Waals surface area contributed by atoms with Gasteiger partial charge in [-0.15, -0.1) is 0 Å². The lowest BCUT2D eigenvalue weighted by molar-refractivity contribution is -0.116. The summed E-state index contributed by atoms with van der Waals surface area (Å²) in [6.07, 6.45) is 0.488. The minimum Gasteiger partial charge on any atom is -0.280 e. The summed E-state index contributed by atoms with van der Waals surface area (Å²) in [6.45, 7) is 1.78. The van der Waals surface area contributed by atoms with Crippen molar-refractivity contribution in [3.63, 3.8) is 0 Å². The van der Waals surface area contributed by atoms with Crippen molar-refractivity contribution in [2.45, 2.75) is 18.8 Å². The van der Waals surface area contributed by atoms with Crippen LogP contribution in [0.1, 0.15) is 18.1 Å². The first-order valence-electron chi connectivity index (χ1n) is 6.02. The van der Waals surface area contributed by atoms with E-state index < -0.39 is 10.7 Å². The van der Waals surface area contributed by atoms with Gasteiger partial charge in [0.2, 0.25) is 5.24 Å². The van der Waals surface area contributed by atoms with Crippen LogP contribution >= 0.6 is 11.6 Å². The zero-order chi connectivity index (χ0) is 13.9. The number of benzene rings is 2. The van der Waals surface area contributed by atoms with E-state index in [0.29, 0.717) is 6.42 Å². The Kier molecular flexibility index (Phi) is 4.01. The molecule has 0 saturated carbocycles. The highest BCUT2D eigenvalue weighted by Crippen LogP contribution is 2.31. The minimum atomic E-state index is -0.851. The van der Waals surface area contributed by atoms with Gasteiger partial charge in [-0.3, -0.25) is 4.79 Å². The summed E-state index contributed by atoms with van der Waals surface area (Å²) in [7, 11) is 0. The lowest BCUT2D eigenvalue weighted by atomic mass is 9.78. The van der Waals surface area contributed by atoms with Crippen molar-refractivity contribution in [2.24, 2.45) is 0 Å². The summed E-state index contributed by atoms with van der Waals surface area (Å²) < 4.78 is 13.0. The number of rotatable bonds is 4. The average Bonchev–Trinajstić information content (AvgIpc) is 2.40.